The zero-order valence-electron chi connectivity index (χ0n) is 12.3. The molecule has 3 atom stereocenters. The fraction of sp³-hybridized carbons (Fsp3) is 0.500. The number of carbonyl (C=O) groups is 2. The molecule has 0 radical (unpaired) electrons. The lowest BCUT2D eigenvalue weighted by Crippen LogP contribution is -2.49. The standard InChI is InChI=1S/C16H18BrNO4/c1-2-22-14-7-11(14)15(19)18-8-9-4-3-5-12(17)10(9)6-13(18)16(20)21/h3-5,11,13-14H,2,6-8H2,1H3,(H,20,21). The van der Waals surface area contributed by atoms with Crippen LogP contribution in [0.1, 0.15) is 24.5 Å². The molecule has 2 aliphatic rings. The summed E-state index contributed by atoms with van der Waals surface area (Å²) in [7, 11) is 0. The third-order valence-electron chi connectivity index (χ3n) is 4.33. The van der Waals surface area contributed by atoms with Gasteiger partial charge in [-0.05, 0) is 30.5 Å². The summed E-state index contributed by atoms with van der Waals surface area (Å²) in [6.45, 7) is 2.82. The molecule has 0 spiro atoms. The molecule has 1 aliphatic heterocycles. The maximum Gasteiger partial charge on any atom is 0.326 e. The van der Waals surface area contributed by atoms with Crippen LogP contribution < -0.4 is 0 Å². The fourth-order valence-corrected chi connectivity index (χ4v) is 3.64. The van der Waals surface area contributed by atoms with Crippen LogP contribution in [0.25, 0.3) is 0 Å². The number of nitrogens with zero attached hydrogens (tertiary/aromatic N) is 1. The first-order chi connectivity index (χ1) is 10.5. The summed E-state index contributed by atoms with van der Waals surface area (Å²) in [5.74, 6) is -1.24. The first kappa shape index (κ1) is 15.5. The van der Waals surface area contributed by atoms with E-state index in [1.165, 1.54) is 4.90 Å². The molecular weight excluding hydrogens is 350 g/mol. The first-order valence-corrected chi connectivity index (χ1v) is 8.23. The number of carbonyl (C=O) groups excluding carboxylic acids is 1. The topological polar surface area (TPSA) is 66.8 Å². The highest BCUT2D eigenvalue weighted by atomic mass is 79.9. The molecule has 3 rings (SSSR count). The Kier molecular flexibility index (Phi) is 4.23. The highest BCUT2D eigenvalue weighted by Crippen LogP contribution is 2.38. The SMILES string of the molecule is CCOC1CC1C(=O)N1Cc2cccc(Br)c2CC1C(=O)O. The van der Waals surface area contributed by atoms with Gasteiger partial charge in [0.15, 0.2) is 0 Å². The summed E-state index contributed by atoms with van der Waals surface area (Å²) in [6.07, 6.45) is 0.987. The van der Waals surface area contributed by atoms with Crippen LogP contribution in [0.4, 0.5) is 0 Å². The van der Waals surface area contributed by atoms with E-state index in [1.54, 1.807) is 0 Å². The third-order valence-corrected chi connectivity index (χ3v) is 5.07. The third kappa shape index (κ3) is 2.77. The molecule has 1 fully saturated rings. The Morgan fingerprint density at radius 1 is 1.45 bits per heavy atom. The Bertz CT molecular complexity index is 618. The molecule has 1 heterocycles. The Morgan fingerprint density at radius 2 is 2.23 bits per heavy atom. The Balaban J connectivity index is 1.84. The van der Waals surface area contributed by atoms with E-state index in [9.17, 15) is 14.7 Å². The number of aliphatic carboxylic acids is 1. The lowest BCUT2D eigenvalue weighted by atomic mass is 9.93. The molecule has 1 aliphatic carbocycles. The van der Waals surface area contributed by atoms with Crippen molar-refractivity contribution >= 4 is 27.8 Å². The predicted molar refractivity (Wildman–Crippen MR) is 83.3 cm³/mol. The smallest absolute Gasteiger partial charge is 0.326 e. The van der Waals surface area contributed by atoms with E-state index in [0.29, 0.717) is 26.0 Å². The van der Waals surface area contributed by atoms with Crippen LogP contribution in [-0.4, -0.2) is 40.6 Å². The van der Waals surface area contributed by atoms with E-state index in [0.717, 1.165) is 15.6 Å². The van der Waals surface area contributed by atoms with Crippen LogP contribution >= 0.6 is 15.9 Å². The second kappa shape index (κ2) is 6.01. The number of halogens is 1. The Labute approximate surface area is 137 Å². The minimum atomic E-state index is -0.955. The molecule has 1 saturated carbocycles. The van der Waals surface area contributed by atoms with Crippen molar-refractivity contribution in [1.82, 2.24) is 4.90 Å². The normalized spacial score (nSPS) is 26.5. The molecule has 1 aromatic carbocycles. The number of carboxylic acid groups (broad SMARTS) is 1. The van der Waals surface area contributed by atoms with E-state index >= 15 is 0 Å². The van der Waals surface area contributed by atoms with Crippen molar-refractivity contribution in [2.24, 2.45) is 5.92 Å². The van der Waals surface area contributed by atoms with Crippen LogP contribution in [0, 0.1) is 5.92 Å². The summed E-state index contributed by atoms with van der Waals surface area (Å²) in [4.78, 5) is 25.7. The molecule has 0 bridgehead atoms. The van der Waals surface area contributed by atoms with Gasteiger partial charge in [0.2, 0.25) is 5.91 Å². The van der Waals surface area contributed by atoms with Crippen molar-refractivity contribution in [3.63, 3.8) is 0 Å². The number of amides is 1. The van der Waals surface area contributed by atoms with Crippen molar-refractivity contribution < 1.29 is 19.4 Å². The second-order valence-corrected chi connectivity index (χ2v) is 6.59. The molecule has 22 heavy (non-hydrogen) atoms. The fourth-order valence-electron chi connectivity index (χ4n) is 3.07. The highest BCUT2D eigenvalue weighted by molar-refractivity contribution is 9.10. The van der Waals surface area contributed by atoms with Crippen molar-refractivity contribution in [2.75, 3.05) is 6.61 Å². The predicted octanol–water partition coefficient (Wildman–Crippen LogP) is 2.21. The molecule has 0 aromatic heterocycles. The van der Waals surface area contributed by atoms with Crippen LogP contribution in [0.15, 0.2) is 22.7 Å². The van der Waals surface area contributed by atoms with Crippen molar-refractivity contribution in [2.45, 2.75) is 38.5 Å². The molecule has 3 unspecified atom stereocenters. The number of hydrogen-bond acceptors (Lipinski definition) is 3. The molecule has 0 saturated heterocycles. The molecule has 1 N–H and O–H groups in total. The molecular formula is C16H18BrNO4. The second-order valence-electron chi connectivity index (χ2n) is 5.74. The van der Waals surface area contributed by atoms with E-state index < -0.39 is 12.0 Å². The lowest BCUT2D eigenvalue weighted by Gasteiger charge is -2.35. The van der Waals surface area contributed by atoms with Gasteiger partial charge in [-0.25, -0.2) is 4.79 Å². The number of fused-ring (bicyclic) bond motifs is 1. The number of benzene rings is 1. The van der Waals surface area contributed by atoms with Crippen LogP contribution in [-0.2, 0) is 27.3 Å². The first-order valence-electron chi connectivity index (χ1n) is 7.44. The van der Waals surface area contributed by atoms with Crippen molar-refractivity contribution in [3.8, 4) is 0 Å². The Hall–Kier alpha value is -1.40. The van der Waals surface area contributed by atoms with Crippen LogP contribution in [0.5, 0.6) is 0 Å². The monoisotopic (exact) mass is 367 g/mol. The van der Waals surface area contributed by atoms with Gasteiger partial charge >= 0.3 is 5.97 Å². The summed E-state index contributed by atoms with van der Waals surface area (Å²) in [6, 6.07) is 4.96. The van der Waals surface area contributed by atoms with E-state index in [4.69, 9.17) is 4.74 Å². The van der Waals surface area contributed by atoms with Gasteiger partial charge in [-0.1, -0.05) is 28.1 Å². The van der Waals surface area contributed by atoms with E-state index in [2.05, 4.69) is 15.9 Å². The average molecular weight is 368 g/mol. The largest absolute Gasteiger partial charge is 0.480 e. The van der Waals surface area contributed by atoms with Gasteiger partial charge in [-0.15, -0.1) is 0 Å². The molecule has 1 amide bonds. The van der Waals surface area contributed by atoms with Gasteiger partial charge in [0.05, 0.1) is 12.0 Å². The number of hydrogen-bond donors (Lipinski definition) is 1. The van der Waals surface area contributed by atoms with Crippen LogP contribution in [0.3, 0.4) is 0 Å². The quantitative estimate of drug-likeness (QED) is 0.885. The average Bonchev–Trinajstić information content (AvgIpc) is 3.25. The number of rotatable bonds is 4. The number of carboxylic acids is 1. The van der Waals surface area contributed by atoms with Gasteiger partial charge in [0, 0.05) is 24.0 Å². The number of ether oxygens (including phenoxy) is 1. The van der Waals surface area contributed by atoms with E-state index in [-0.39, 0.29) is 17.9 Å². The Morgan fingerprint density at radius 3 is 2.91 bits per heavy atom. The van der Waals surface area contributed by atoms with Crippen LogP contribution in [0.2, 0.25) is 0 Å². The zero-order chi connectivity index (χ0) is 15.9. The van der Waals surface area contributed by atoms with E-state index in [1.807, 2.05) is 25.1 Å². The van der Waals surface area contributed by atoms with Crippen molar-refractivity contribution in [3.05, 3.63) is 33.8 Å². The maximum absolute atomic E-state index is 12.6. The summed E-state index contributed by atoms with van der Waals surface area (Å²) >= 11 is 3.47. The highest BCUT2D eigenvalue weighted by Gasteiger charge is 2.48. The maximum atomic E-state index is 12.6. The summed E-state index contributed by atoms with van der Waals surface area (Å²) < 4.78 is 6.36. The molecule has 1 aromatic rings. The summed E-state index contributed by atoms with van der Waals surface area (Å²) in [5, 5.41) is 9.51. The zero-order valence-corrected chi connectivity index (χ0v) is 13.9. The molecule has 118 valence electrons. The van der Waals surface area contributed by atoms with Gasteiger partial charge in [-0.2, -0.15) is 0 Å². The van der Waals surface area contributed by atoms with Gasteiger partial charge in [0.1, 0.15) is 6.04 Å². The molecule has 6 heteroatoms. The summed E-state index contributed by atoms with van der Waals surface area (Å²) in [5.41, 5.74) is 1.99. The van der Waals surface area contributed by atoms with Gasteiger partial charge in [0.25, 0.3) is 0 Å². The minimum Gasteiger partial charge on any atom is -0.480 e. The van der Waals surface area contributed by atoms with Crippen molar-refractivity contribution in [1.29, 1.82) is 0 Å². The van der Waals surface area contributed by atoms with Gasteiger partial charge < -0.3 is 14.7 Å². The lowest BCUT2D eigenvalue weighted by molar-refractivity contribution is -0.152. The molecule has 5 nitrogen and oxygen atoms in total. The minimum absolute atomic E-state index is 0.0455. The van der Waals surface area contributed by atoms with Gasteiger partial charge in [-0.3, -0.25) is 4.79 Å².